The molecule has 2 aliphatic rings. The number of likely N-dealkylation sites (tertiary alicyclic amines) is 1. The van der Waals surface area contributed by atoms with Crippen molar-refractivity contribution >= 4 is 11.9 Å². The highest BCUT2D eigenvalue weighted by Gasteiger charge is 2.34. The molecule has 0 amide bonds. The highest BCUT2D eigenvalue weighted by Crippen LogP contribution is 2.31. The molecular formula is C17H27NO4. The lowest BCUT2D eigenvalue weighted by Gasteiger charge is -2.25. The molecule has 22 heavy (non-hydrogen) atoms. The van der Waals surface area contributed by atoms with E-state index in [-0.39, 0.29) is 12.0 Å². The maximum absolute atomic E-state index is 10.8. The van der Waals surface area contributed by atoms with Crippen molar-refractivity contribution in [3.63, 3.8) is 0 Å². The van der Waals surface area contributed by atoms with Crippen LogP contribution in [0, 0.1) is 5.41 Å². The number of hydrogen-bond acceptors (Lipinski definition) is 3. The average Bonchev–Trinajstić information content (AvgIpc) is 2.49. The number of piperidine rings is 1. The van der Waals surface area contributed by atoms with Gasteiger partial charge in [0.1, 0.15) is 0 Å². The van der Waals surface area contributed by atoms with Gasteiger partial charge >= 0.3 is 11.9 Å². The Morgan fingerprint density at radius 2 is 1.86 bits per heavy atom. The number of nitrogens with zero attached hydrogens (tertiary/aromatic N) is 1. The summed E-state index contributed by atoms with van der Waals surface area (Å²) in [5.74, 6) is -2.06. The van der Waals surface area contributed by atoms with Crippen LogP contribution in [-0.4, -0.2) is 46.7 Å². The number of carboxylic acids is 2. The Morgan fingerprint density at radius 3 is 2.36 bits per heavy atom. The maximum atomic E-state index is 10.8. The Morgan fingerprint density at radius 1 is 1.23 bits per heavy atom. The minimum absolute atomic E-state index is 0.0359. The summed E-state index contributed by atoms with van der Waals surface area (Å²) in [4.78, 5) is 23.9. The Hall–Kier alpha value is -1.62. The van der Waals surface area contributed by atoms with Crippen LogP contribution in [0.3, 0.4) is 0 Å². The molecule has 0 aromatic rings. The second-order valence-electron chi connectivity index (χ2n) is 6.16. The molecule has 1 heterocycles. The van der Waals surface area contributed by atoms with Gasteiger partial charge in [-0.3, -0.25) is 4.79 Å². The highest BCUT2D eigenvalue weighted by molar-refractivity contribution is 5.90. The predicted octanol–water partition coefficient (Wildman–Crippen LogP) is 2.93. The van der Waals surface area contributed by atoms with Gasteiger partial charge in [-0.1, -0.05) is 31.6 Å². The first-order chi connectivity index (χ1) is 10.4. The Kier molecular flexibility index (Phi) is 7.32. The smallest absolute Gasteiger partial charge is 0.331 e. The van der Waals surface area contributed by atoms with Gasteiger partial charge in [0.15, 0.2) is 0 Å². The van der Waals surface area contributed by atoms with Crippen molar-refractivity contribution in [3.8, 4) is 0 Å². The molecule has 0 spiro atoms. The minimum Gasteiger partial charge on any atom is -0.481 e. The van der Waals surface area contributed by atoms with Crippen molar-refractivity contribution in [1.29, 1.82) is 0 Å². The van der Waals surface area contributed by atoms with Gasteiger partial charge in [-0.05, 0) is 52.2 Å². The number of hydrogen-bond donors (Lipinski definition) is 2. The molecule has 1 saturated heterocycles. The first-order valence-electron chi connectivity index (χ1n) is 7.96. The molecule has 5 nitrogen and oxygen atoms in total. The third-order valence-electron chi connectivity index (χ3n) is 4.07. The van der Waals surface area contributed by atoms with Crippen molar-refractivity contribution < 1.29 is 19.8 Å². The van der Waals surface area contributed by atoms with Crippen molar-refractivity contribution in [1.82, 2.24) is 4.90 Å². The van der Waals surface area contributed by atoms with Crippen LogP contribution in [0.25, 0.3) is 0 Å². The largest absolute Gasteiger partial charge is 0.481 e. The van der Waals surface area contributed by atoms with Crippen LogP contribution in [-0.2, 0) is 9.59 Å². The topological polar surface area (TPSA) is 77.8 Å². The molecule has 0 saturated carbocycles. The van der Waals surface area contributed by atoms with E-state index in [1.807, 2.05) is 0 Å². The van der Waals surface area contributed by atoms with E-state index < -0.39 is 17.4 Å². The lowest BCUT2D eigenvalue weighted by Crippen LogP contribution is -2.30. The van der Waals surface area contributed by atoms with Gasteiger partial charge in [0.05, 0.1) is 5.41 Å². The normalized spacial score (nSPS) is 24.9. The van der Waals surface area contributed by atoms with Crippen LogP contribution in [0.5, 0.6) is 0 Å². The standard InChI is InChI=1S/C9H10O4.C8H17N/c1-9(8(12)13)4-2-3-6(5-9)7(10)11;1-2-6-9-7-4-3-5-8-9/h2-4H,5H2,1H3,(H,10,11)(H,12,13);2-8H2,1H3. The van der Waals surface area contributed by atoms with Crippen molar-refractivity contribution in [2.75, 3.05) is 19.6 Å². The van der Waals surface area contributed by atoms with Gasteiger partial charge in [-0.15, -0.1) is 0 Å². The molecule has 2 rings (SSSR count). The van der Waals surface area contributed by atoms with E-state index in [2.05, 4.69) is 11.8 Å². The van der Waals surface area contributed by atoms with Gasteiger partial charge in [0.25, 0.3) is 0 Å². The molecule has 1 aliphatic heterocycles. The third-order valence-corrected chi connectivity index (χ3v) is 4.07. The molecule has 1 atom stereocenters. The van der Waals surface area contributed by atoms with Gasteiger partial charge in [0, 0.05) is 5.57 Å². The summed E-state index contributed by atoms with van der Waals surface area (Å²) < 4.78 is 0. The van der Waals surface area contributed by atoms with Crippen LogP contribution in [0.15, 0.2) is 23.8 Å². The second-order valence-corrected chi connectivity index (χ2v) is 6.16. The molecule has 0 radical (unpaired) electrons. The van der Waals surface area contributed by atoms with Crippen LogP contribution in [0.1, 0.15) is 46.0 Å². The van der Waals surface area contributed by atoms with Gasteiger partial charge in [0.2, 0.25) is 0 Å². The Labute approximate surface area is 132 Å². The summed E-state index contributed by atoms with van der Waals surface area (Å²) in [7, 11) is 0. The van der Waals surface area contributed by atoms with Crippen LogP contribution < -0.4 is 0 Å². The fraction of sp³-hybridized carbons (Fsp3) is 0.647. The summed E-state index contributed by atoms with van der Waals surface area (Å²) in [6, 6.07) is 0. The molecular weight excluding hydrogens is 282 g/mol. The fourth-order valence-electron chi connectivity index (χ4n) is 2.68. The van der Waals surface area contributed by atoms with Gasteiger partial charge < -0.3 is 15.1 Å². The van der Waals surface area contributed by atoms with Crippen LogP contribution >= 0.6 is 0 Å². The van der Waals surface area contributed by atoms with Crippen LogP contribution in [0.2, 0.25) is 0 Å². The molecule has 1 unspecified atom stereocenters. The summed E-state index contributed by atoms with van der Waals surface area (Å²) >= 11 is 0. The van der Waals surface area contributed by atoms with E-state index >= 15 is 0 Å². The van der Waals surface area contributed by atoms with Gasteiger partial charge in [-0.2, -0.15) is 0 Å². The monoisotopic (exact) mass is 309 g/mol. The van der Waals surface area contributed by atoms with E-state index in [4.69, 9.17) is 10.2 Å². The summed E-state index contributed by atoms with van der Waals surface area (Å²) in [6.45, 7) is 7.79. The van der Waals surface area contributed by atoms with Gasteiger partial charge in [-0.25, -0.2) is 4.79 Å². The number of allylic oxidation sites excluding steroid dienone is 2. The first kappa shape index (κ1) is 18.4. The molecule has 5 heteroatoms. The number of carboxylic acid groups (broad SMARTS) is 2. The quantitative estimate of drug-likeness (QED) is 0.835. The van der Waals surface area contributed by atoms with E-state index in [0.717, 1.165) is 0 Å². The summed E-state index contributed by atoms with van der Waals surface area (Å²) in [6.07, 6.45) is 10.1. The van der Waals surface area contributed by atoms with Crippen LogP contribution in [0.4, 0.5) is 0 Å². The minimum atomic E-state index is -1.08. The average molecular weight is 309 g/mol. The summed E-state index contributed by atoms with van der Waals surface area (Å²) in [5.41, 5.74) is -0.949. The Balaban J connectivity index is 0.000000235. The second kappa shape index (κ2) is 8.73. The highest BCUT2D eigenvalue weighted by atomic mass is 16.4. The first-order valence-corrected chi connectivity index (χ1v) is 7.96. The zero-order valence-corrected chi connectivity index (χ0v) is 13.5. The zero-order valence-electron chi connectivity index (χ0n) is 13.5. The number of aliphatic carboxylic acids is 2. The lowest BCUT2D eigenvalue weighted by molar-refractivity contribution is -0.145. The molecule has 0 aromatic carbocycles. The van der Waals surface area contributed by atoms with Crippen molar-refractivity contribution in [2.45, 2.75) is 46.0 Å². The maximum Gasteiger partial charge on any atom is 0.331 e. The van der Waals surface area contributed by atoms with E-state index in [1.165, 1.54) is 70.5 Å². The number of carbonyl (C=O) groups is 2. The molecule has 1 aliphatic carbocycles. The third kappa shape index (κ3) is 5.64. The molecule has 1 fully saturated rings. The predicted molar refractivity (Wildman–Crippen MR) is 85.8 cm³/mol. The summed E-state index contributed by atoms with van der Waals surface area (Å²) in [5, 5.41) is 17.5. The Bertz CT molecular complexity index is 447. The van der Waals surface area contributed by atoms with E-state index in [9.17, 15) is 9.59 Å². The van der Waals surface area contributed by atoms with Crippen molar-refractivity contribution in [2.24, 2.45) is 5.41 Å². The zero-order chi connectivity index (χ0) is 16.6. The SMILES string of the molecule is CC1(C(=O)O)C=CC=C(C(=O)O)C1.CCCN1CCCCC1. The van der Waals surface area contributed by atoms with E-state index in [0.29, 0.717) is 0 Å². The fourth-order valence-corrected chi connectivity index (χ4v) is 2.68. The molecule has 2 N–H and O–H groups in total. The lowest BCUT2D eigenvalue weighted by atomic mass is 9.80. The van der Waals surface area contributed by atoms with Crippen molar-refractivity contribution in [3.05, 3.63) is 23.8 Å². The number of rotatable bonds is 4. The molecule has 0 aromatic heterocycles. The molecule has 0 bridgehead atoms. The molecule has 124 valence electrons. The van der Waals surface area contributed by atoms with E-state index in [1.54, 1.807) is 0 Å².